The first kappa shape index (κ1) is 18.2. The summed E-state index contributed by atoms with van der Waals surface area (Å²) in [6, 6.07) is 12.3. The second kappa shape index (κ2) is 7.74. The van der Waals surface area contributed by atoms with Crippen molar-refractivity contribution in [3.8, 4) is 5.75 Å². The van der Waals surface area contributed by atoms with Gasteiger partial charge in [-0.15, -0.1) is 0 Å². The van der Waals surface area contributed by atoms with Crippen molar-refractivity contribution in [3.05, 3.63) is 65.9 Å². The van der Waals surface area contributed by atoms with Crippen molar-refractivity contribution in [1.82, 2.24) is 10.3 Å². The van der Waals surface area contributed by atoms with Gasteiger partial charge in [-0.25, -0.2) is 4.79 Å². The Hall–Kier alpha value is -3.61. The second-order valence-corrected chi connectivity index (χ2v) is 6.00. The van der Waals surface area contributed by atoms with Crippen LogP contribution >= 0.6 is 0 Å². The highest BCUT2D eigenvalue weighted by Crippen LogP contribution is 2.18. The van der Waals surface area contributed by atoms with Crippen molar-refractivity contribution in [2.24, 2.45) is 0 Å². The van der Waals surface area contributed by atoms with Crippen LogP contribution in [0.1, 0.15) is 15.9 Å². The summed E-state index contributed by atoms with van der Waals surface area (Å²) in [6.45, 7) is 0. The number of esters is 1. The molecule has 1 aromatic heterocycles. The van der Waals surface area contributed by atoms with Crippen LogP contribution in [0, 0.1) is 0 Å². The Morgan fingerprint density at radius 2 is 1.81 bits per heavy atom. The smallest absolute Gasteiger partial charge is 0.328 e. The molecule has 0 radical (unpaired) electrons. The lowest BCUT2D eigenvalue weighted by molar-refractivity contribution is -0.144. The minimum atomic E-state index is -1.03. The number of aromatic nitrogens is 1. The van der Waals surface area contributed by atoms with E-state index in [9.17, 15) is 19.5 Å². The maximum atomic E-state index is 12.5. The third-order valence-corrected chi connectivity index (χ3v) is 4.21. The number of phenols is 1. The van der Waals surface area contributed by atoms with Crippen LogP contribution in [-0.4, -0.2) is 40.9 Å². The number of aromatic amines is 1. The van der Waals surface area contributed by atoms with Gasteiger partial charge < -0.3 is 20.1 Å². The summed E-state index contributed by atoms with van der Waals surface area (Å²) in [6.07, 6.45) is 1.60. The summed E-state index contributed by atoms with van der Waals surface area (Å²) in [7, 11) is 1.21. The number of benzene rings is 2. The van der Waals surface area contributed by atoms with Crippen molar-refractivity contribution in [2.45, 2.75) is 12.5 Å². The summed E-state index contributed by atoms with van der Waals surface area (Å²) in [5.74, 6) is -2.21. The summed E-state index contributed by atoms with van der Waals surface area (Å²) in [4.78, 5) is 40.0. The maximum absolute atomic E-state index is 12.5. The number of para-hydroxylation sites is 1. The molecule has 0 unspecified atom stereocenters. The van der Waals surface area contributed by atoms with Gasteiger partial charge in [0.15, 0.2) is 0 Å². The molecule has 3 rings (SSSR count). The number of Topliss-reactive ketones (excluding diaryl/α,β-unsaturated/α-hetero) is 1. The predicted molar refractivity (Wildman–Crippen MR) is 98.4 cm³/mol. The van der Waals surface area contributed by atoms with Gasteiger partial charge in [0.05, 0.1) is 12.7 Å². The third-order valence-electron chi connectivity index (χ3n) is 4.21. The molecule has 0 spiro atoms. The summed E-state index contributed by atoms with van der Waals surface area (Å²) in [5, 5.41) is 12.4. The Bertz CT molecular complexity index is 991. The van der Waals surface area contributed by atoms with Crippen LogP contribution in [-0.2, 0) is 20.7 Å². The van der Waals surface area contributed by atoms with Crippen molar-refractivity contribution in [2.75, 3.05) is 7.11 Å². The van der Waals surface area contributed by atoms with E-state index in [4.69, 9.17) is 4.74 Å². The van der Waals surface area contributed by atoms with E-state index in [1.165, 1.54) is 25.4 Å². The molecule has 1 heterocycles. The number of aromatic hydroxyl groups is 1. The Morgan fingerprint density at radius 1 is 1.11 bits per heavy atom. The third kappa shape index (κ3) is 3.98. The topological polar surface area (TPSA) is 108 Å². The number of hydrogen-bond acceptors (Lipinski definition) is 5. The normalized spacial score (nSPS) is 11.7. The number of methoxy groups -OCH3 is 1. The number of phenolic OH excluding ortho intramolecular Hbond substituents is 1. The van der Waals surface area contributed by atoms with E-state index in [-0.39, 0.29) is 17.7 Å². The summed E-state index contributed by atoms with van der Waals surface area (Å²) < 4.78 is 4.73. The van der Waals surface area contributed by atoms with Crippen molar-refractivity contribution in [3.63, 3.8) is 0 Å². The Kier molecular flexibility index (Phi) is 5.21. The number of ketones is 1. The molecule has 27 heavy (non-hydrogen) atoms. The van der Waals surface area contributed by atoms with E-state index < -0.39 is 23.7 Å². The highest BCUT2D eigenvalue weighted by atomic mass is 16.5. The quantitative estimate of drug-likeness (QED) is 0.351. The maximum Gasteiger partial charge on any atom is 0.328 e. The lowest BCUT2D eigenvalue weighted by atomic mass is 10.0. The molecule has 0 aliphatic rings. The van der Waals surface area contributed by atoms with Gasteiger partial charge in [-0.3, -0.25) is 9.59 Å². The standard InChI is InChI=1S/C20H18N2O5/c1-27-20(26)17(10-12-6-8-13(23)9-7-12)22-19(25)18(24)15-11-21-16-5-3-2-4-14(15)16/h2-9,11,17,21,23H,10H2,1H3,(H,22,25)/t17-/m0/s1. The van der Waals surface area contributed by atoms with E-state index in [0.717, 1.165) is 5.52 Å². The molecule has 0 aliphatic heterocycles. The van der Waals surface area contributed by atoms with Gasteiger partial charge in [-0.1, -0.05) is 30.3 Å². The highest BCUT2D eigenvalue weighted by Gasteiger charge is 2.27. The molecule has 1 atom stereocenters. The molecule has 3 N–H and O–H groups in total. The lowest BCUT2D eigenvalue weighted by Crippen LogP contribution is -2.45. The molecule has 3 aromatic rings. The van der Waals surface area contributed by atoms with E-state index >= 15 is 0 Å². The van der Waals surface area contributed by atoms with Gasteiger partial charge in [0, 0.05) is 23.5 Å². The zero-order chi connectivity index (χ0) is 19.4. The molecule has 138 valence electrons. The fraction of sp³-hybridized carbons (Fsp3) is 0.150. The van der Waals surface area contributed by atoms with Crippen LogP contribution in [0.2, 0.25) is 0 Å². The average Bonchev–Trinajstić information content (AvgIpc) is 3.12. The number of ether oxygens (including phenoxy) is 1. The van der Waals surface area contributed by atoms with Gasteiger partial charge >= 0.3 is 5.97 Å². The van der Waals surface area contributed by atoms with Gasteiger partial charge in [0.25, 0.3) is 11.7 Å². The Labute approximate surface area is 155 Å². The number of nitrogens with one attached hydrogen (secondary N) is 2. The highest BCUT2D eigenvalue weighted by molar-refractivity contribution is 6.45. The zero-order valence-corrected chi connectivity index (χ0v) is 14.6. The number of fused-ring (bicyclic) bond motifs is 1. The van der Waals surface area contributed by atoms with Crippen molar-refractivity contribution in [1.29, 1.82) is 0 Å². The molecule has 7 nitrogen and oxygen atoms in total. The van der Waals surface area contributed by atoms with Crippen LogP contribution in [0.5, 0.6) is 5.75 Å². The summed E-state index contributed by atoms with van der Waals surface area (Å²) >= 11 is 0. The fourth-order valence-corrected chi connectivity index (χ4v) is 2.81. The van der Waals surface area contributed by atoms with E-state index in [1.54, 1.807) is 30.3 Å². The second-order valence-electron chi connectivity index (χ2n) is 6.00. The number of hydrogen-bond donors (Lipinski definition) is 3. The number of H-pyrrole nitrogens is 1. The lowest BCUT2D eigenvalue weighted by Gasteiger charge is -2.16. The van der Waals surface area contributed by atoms with Gasteiger partial charge in [0.1, 0.15) is 11.8 Å². The molecule has 0 aliphatic carbocycles. The van der Waals surface area contributed by atoms with Gasteiger partial charge in [0.2, 0.25) is 0 Å². The van der Waals surface area contributed by atoms with E-state index in [0.29, 0.717) is 10.9 Å². The molecule has 0 saturated carbocycles. The number of carbonyl (C=O) groups is 3. The number of carbonyl (C=O) groups excluding carboxylic acids is 3. The monoisotopic (exact) mass is 366 g/mol. The molecule has 0 fully saturated rings. The van der Waals surface area contributed by atoms with Crippen LogP contribution < -0.4 is 5.32 Å². The predicted octanol–water partition coefficient (Wildman–Crippen LogP) is 1.96. The van der Waals surface area contributed by atoms with Crippen LogP contribution in [0.4, 0.5) is 0 Å². The Balaban J connectivity index is 1.78. The van der Waals surface area contributed by atoms with Crippen molar-refractivity contribution >= 4 is 28.6 Å². The molecule has 1 amide bonds. The molecule has 2 aromatic carbocycles. The fourth-order valence-electron chi connectivity index (χ4n) is 2.81. The Morgan fingerprint density at radius 3 is 2.52 bits per heavy atom. The van der Waals surface area contributed by atoms with Crippen LogP contribution in [0.3, 0.4) is 0 Å². The minimum Gasteiger partial charge on any atom is -0.508 e. The van der Waals surface area contributed by atoms with E-state index in [2.05, 4.69) is 10.3 Å². The molecule has 7 heteroatoms. The first-order chi connectivity index (χ1) is 13.0. The molecule has 0 bridgehead atoms. The summed E-state index contributed by atoms with van der Waals surface area (Å²) in [5.41, 5.74) is 1.67. The molecular weight excluding hydrogens is 348 g/mol. The van der Waals surface area contributed by atoms with Gasteiger partial charge in [-0.05, 0) is 23.8 Å². The largest absolute Gasteiger partial charge is 0.508 e. The molecule has 0 saturated heterocycles. The zero-order valence-electron chi connectivity index (χ0n) is 14.6. The van der Waals surface area contributed by atoms with E-state index in [1.807, 2.05) is 6.07 Å². The first-order valence-electron chi connectivity index (χ1n) is 8.26. The van der Waals surface area contributed by atoms with Crippen LogP contribution in [0.15, 0.2) is 54.7 Å². The van der Waals surface area contributed by atoms with Gasteiger partial charge in [-0.2, -0.15) is 0 Å². The van der Waals surface area contributed by atoms with Crippen molar-refractivity contribution < 1.29 is 24.2 Å². The average molecular weight is 366 g/mol. The molecular formula is C20H18N2O5. The SMILES string of the molecule is COC(=O)[C@H](Cc1ccc(O)cc1)NC(=O)C(=O)c1c[nH]c2ccccc12. The number of amides is 1. The van der Waals surface area contributed by atoms with Crippen LogP contribution in [0.25, 0.3) is 10.9 Å². The first-order valence-corrected chi connectivity index (χ1v) is 8.26. The minimum absolute atomic E-state index is 0.0897. The number of rotatable bonds is 6.